The summed E-state index contributed by atoms with van der Waals surface area (Å²) in [6.07, 6.45) is 0.610. The molecular weight excluding hydrogens is 268 g/mol. The summed E-state index contributed by atoms with van der Waals surface area (Å²) in [6.45, 7) is 2.81. The van der Waals surface area contributed by atoms with Crippen molar-refractivity contribution in [3.05, 3.63) is 23.2 Å². The molecule has 19 heavy (non-hydrogen) atoms. The Morgan fingerprint density at radius 2 is 2.21 bits per heavy atom. The second-order valence-corrected chi connectivity index (χ2v) is 4.40. The van der Waals surface area contributed by atoms with E-state index in [1.54, 1.807) is 25.3 Å². The van der Waals surface area contributed by atoms with Crippen molar-refractivity contribution in [1.29, 1.82) is 0 Å². The topological polar surface area (TPSA) is 73.6 Å². The molecule has 0 bridgehead atoms. The number of ether oxygens (including phenoxy) is 2. The molecule has 0 aliphatic carbocycles. The van der Waals surface area contributed by atoms with E-state index in [1.165, 1.54) is 0 Å². The van der Waals surface area contributed by atoms with Crippen LogP contribution in [0.3, 0.4) is 0 Å². The monoisotopic (exact) mass is 286 g/mol. The Hall–Kier alpha value is -1.46. The minimum atomic E-state index is -0.406. The third-order valence-corrected chi connectivity index (χ3v) is 2.86. The third kappa shape index (κ3) is 4.96. The molecule has 1 amide bonds. The van der Waals surface area contributed by atoms with Crippen LogP contribution in [0.15, 0.2) is 18.2 Å². The number of benzene rings is 1. The van der Waals surface area contributed by atoms with Crippen LogP contribution in [-0.4, -0.2) is 32.3 Å². The summed E-state index contributed by atoms with van der Waals surface area (Å²) in [5.41, 5.74) is 6.00. The van der Waals surface area contributed by atoms with E-state index >= 15 is 0 Å². The highest BCUT2D eigenvalue weighted by molar-refractivity contribution is 6.32. The molecule has 0 radical (unpaired) electrons. The van der Waals surface area contributed by atoms with Crippen molar-refractivity contribution < 1.29 is 14.3 Å². The van der Waals surface area contributed by atoms with E-state index in [0.717, 1.165) is 5.69 Å². The first-order valence-corrected chi connectivity index (χ1v) is 6.43. The number of anilines is 1. The fourth-order valence-corrected chi connectivity index (χ4v) is 1.75. The maximum atomic E-state index is 11.1. The molecule has 0 aliphatic rings. The number of halogens is 1. The Morgan fingerprint density at radius 1 is 1.47 bits per heavy atom. The van der Waals surface area contributed by atoms with Gasteiger partial charge in [0, 0.05) is 12.8 Å². The van der Waals surface area contributed by atoms with E-state index in [0.29, 0.717) is 30.4 Å². The summed E-state index contributed by atoms with van der Waals surface area (Å²) in [5.74, 6) is 0.190. The molecule has 3 N–H and O–H groups in total. The van der Waals surface area contributed by atoms with E-state index in [9.17, 15) is 4.79 Å². The molecule has 0 spiro atoms. The molecule has 1 atom stereocenters. The molecular formula is C13H19ClN2O3. The van der Waals surface area contributed by atoms with Crippen LogP contribution in [0.5, 0.6) is 5.75 Å². The van der Waals surface area contributed by atoms with Gasteiger partial charge in [0.1, 0.15) is 18.4 Å². The molecule has 1 aromatic carbocycles. The van der Waals surface area contributed by atoms with E-state index in [1.807, 2.05) is 6.92 Å². The number of carbonyl (C=O) groups is 1. The summed E-state index contributed by atoms with van der Waals surface area (Å²) >= 11 is 6.09. The number of hydrogen-bond acceptors (Lipinski definition) is 4. The molecule has 1 unspecified atom stereocenters. The fourth-order valence-electron chi connectivity index (χ4n) is 1.52. The SMILES string of the molecule is CCC(Nc1ccc(OCCOC)c(Cl)c1)C(N)=O. The van der Waals surface area contributed by atoms with Gasteiger partial charge in [0.25, 0.3) is 0 Å². The van der Waals surface area contributed by atoms with Crippen LogP contribution in [0, 0.1) is 0 Å². The number of carbonyl (C=O) groups excluding carboxylic acids is 1. The lowest BCUT2D eigenvalue weighted by Crippen LogP contribution is -2.34. The maximum Gasteiger partial charge on any atom is 0.239 e. The van der Waals surface area contributed by atoms with Crippen LogP contribution < -0.4 is 15.8 Å². The zero-order valence-corrected chi connectivity index (χ0v) is 11.9. The van der Waals surface area contributed by atoms with E-state index in [-0.39, 0.29) is 5.91 Å². The van der Waals surface area contributed by atoms with Gasteiger partial charge in [-0.3, -0.25) is 4.79 Å². The molecule has 0 aliphatic heterocycles. The Morgan fingerprint density at radius 3 is 2.74 bits per heavy atom. The van der Waals surface area contributed by atoms with Crippen molar-refractivity contribution in [3.8, 4) is 5.75 Å². The van der Waals surface area contributed by atoms with Crippen molar-refractivity contribution in [2.75, 3.05) is 25.6 Å². The smallest absolute Gasteiger partial charge is 0.239 e. The number of rotatable bonds is 8. The van der Waals surface area contributed by atoms with Gasteiger partial charge in [0.05, 0.1) is 11.6 Å². The second kappa shape index (κ2) is 7.86. The lowest BCUT2D eigenvalue weighted by Gasteiger charge is -2.16. The summed E-state index contributed by atoms with van der Waals surface area (Å²) in [5, 5.41) is 3.50. The van der Waals surface area contributed by atoms with Gasteiger partial charge in [0.15, 0.2) is 0 Å². The van der Waals surface area contributed by atoms with Crippen molar-refractivity contribution in [3.63, 3.8) is 0 Å². The summed E-state index contributed by atoms with van der Waals surface area (Å²) in [4.78, 5) is 11.1. The molecule has 1 aromatic rings. The first-order chi connectivity index (χ1) is 9.08. The van der Waals surface area contributed by atoms with E-state index in [4.69, 9.17) is 26.8 Å². The molecule has 0 saturated heterocycles. The molecule has 1 rings (SSSR count). The zero-order valence-electron chi connectivity index (χ0n) is 11.1. The summed E-state index contributed by atoms with van der Waals surface area (Å²) in [6, 6.07) is 4.83. The summed E-state index contributed by atoms with van der Waals surface area (Å²) in [7, 11) is 1.60. The van der Waals surface area contributed by atoms with Crippen molar-refractivity contribution in [2.45, 2.75) is 19.4 Å². The van der Waals surface area contributed by atoms with Gasteiger partial charge in [-0.25, -0.2) is 0 Å². The average Bonchev–Trinajstić information content (AvgIpc) is 2.38. The van der Waals surface area contributed by atoms with Gasteiger partial charge in [0.2, 0.25) is 5.91 Å². The minimum Gasteiger partial charge on any atom is -0.490 e. The lowest BCUT2D eigenvalue weighted by molar-refractivity contribution is -0.118. The minimum absolute atomic E-state index is 0.390. The maximum absolute atomic E-state index is 11.1. The van der Waals surface area contributed by atoms with Crippen LogP contribution in [0.1, 0.15) is 13.3 Å². The van der Waals surface area contributed by atoms with E-state index < -0.39 is 6.04 Å². The van der Waals surface area contributed by atoms with Gasteiger partial charge in [-0.1, -0.05) is 18.5 Å². The van der Waals surface area contributed by atoms with Crippen LogP contribution in [-0.2, 0) is 9.53 Å². The van der Waals surface area contributed by atoms with Gasteiger partial charge in [-0.2, -0.15) is 0 Å². The Labute approximate surface area is 118 Å². The van der Waals surface area contributed by atoms with Crippen LogP contribution >= 0.6 is 11.6 Å². The average molecular weight is 287 g/mol. The van der Waals surface area contributed by atoms with Crippen LogP contribution in [0.25, 0.3) is 0 Å². The number of primary amides is 1. The zero-order chi connectivity index (χ0) is 14.3. The standard InChI is InChI=1S/C13H19ClN2O3/c1-3-11(13(15)17)16-9-4-5-12(10(14)8-9)19-7-6-18-2/h4-5,8,11,16H,3,6-7H2,1-2H3,(H2,15,17). The van der Waals surface area contributed by atoms with Crippen molar-refractivity contribution in [2.24, 2.45) is 5.73 Å². The molecule has 106 valence electrons. The molecule has 0 aromatic heterocycles. The second-order valence-electron chi connectivity index (χ2n) is 3.99. The normalized spacial score (nSPS) is 11.9. The highest BCUT2D eigenvalue weighted by Crippen LogP contribution is 2.28. The molecule has 0 fully saturated rings. The van der Waals surface area contributed by atoms with Crippen LogP contribution in [0.2, 0.25) is 5.02 Å². The molecule has 6 heteroatoms. The van der Waals surface area contributed by atoms with Gasteiger partial charge >= 0.3 is 0 Å². The quantitative estimate of drug-likeness (QED) is 0.717. The third-order valence-electron chi connectivity index (χ3n) is 2.57. The van der Waals surface area contributed by atoms with Gasteiger partial charge in [-0.05, 0) is 24.6 Å². The molecule has 0 saturated carbocycles. The molecule has 5 nitrogen and oxygen atoms in total. The van der Waals surface area contributed by atoms with Crippen molar-refractivity contribution >= 4 is 23.2 Å². The first-order valence-electron chi connectivity index (χ1n) is 6.05. The summed E-state index contributed by atoms with van der Waals surface area (Å²) < 4.78 is 10.3. The Kier molecular flexibility index (Phi) is 6.45. The fraction of sp³-hybridized carbons (Fsp3) is 0.462. The predicted octanol–water partition coefficient (Wildman–Crippen LogP) is 2.04. The number of nitrogens with two attached hydrogens (primary N) is 1. The number of methoxy groups -OCH3 is 1. The van der Waals surface area contributed by atoms with E-state index in [2.05, 4.69) is 5.32 Å². The number of nitrogens with one attached hydrogen (secondary N) is 1. The van der Waals surface area contributed by atoms with Crippen molar-refractivity contribution in [1.82, 2.24) is 0 Å². The number of hydrogen-bond donors (Lipinski definition) is 2. The first kappa shape index (κ1) is 15.6. The highest BCUT2D eigenvalue weighted by atomic mass is 35.5. The highest BCUT2D eigenvalue weighted by Gasteiger charge is 2.13. The lowest BCUT2D eigenvalue weighted by atomic mass is 10.2. The predicted molar refractivity (Wildman–Crippen MR) is 75.7 cm³/mol. The Balaban J connectivity index is 2.67. The number of amides is 1. The van der Waals surface area contributed by atoms with Gasteiger partial charge in [-0.15, -0.1) is 0 Å². The molecule has 0 heterocycles. The van der Waals surface area contributed by atoms with Crippen LogP contribution in [0.4, 0.5) is 5.69 Å². The largest absolute Gasteiger partial charge is 0.490 e. The Bertz CT molecular complexity index is 426. The van der Waals surface area contributed by atoms with Gasteiger partial charge < -0.3 is 20.5 Å².